The van der Waals surface area contributed by atoms with E-state index in [2.05, 4.69) is 10.6 Å². The minimum Gasteiger partial charge on any atom is -0.352 e. The Morgan fingerprint density at radius 1 is 1.17 bits per heavy atom. The highest BCUT2D eigenvalue weighted by Crippen LogP contribution is 2.20. The van der Waals surface area contributed by atoms with Crippen molar-refractivity contribution in [2.75, 3.05) is 6.54 Å². The zero-order chi connectivity index (χ0) is 17.7. The summed E-state index contributed by atoms with van der Waals surface area (Å²) < 4.78 is 0. The summed E-state index contributed by atoms with van der Waals surface area (Å²) in [7, 11) is 0. The lowest BCUT2D eigenvalue weighted by molar-refractivity contribution is -0.141. The van der Waals surface area contributed by atoms with Gasteiger partial charge < -0.3 is 21.3 Å². The molecule has 7 nitrogen and oxygen atoms in total. The predicted octanol–water partition coefficient (Wildman–Crippen LogP) is -0.01000. The second-order valence-corrected chi connectivity index (χ2v) is 7.05. The average Bonchev–Trinajstić information content (AvgIpc) is 2.77. The van der Waals surface area contributed by atoms with Crippen molar-refractivity contribution in [3.63, 3.8) is 0 Å². The second-order valence-electron chi connectivity index (χ2n) is 7.05. The Hall–Kier alpha value is -1.63. The molecule has 0 aliphatic carbocycles. The van der Waals surface area contributed by atoms with Crippen LogP contribution in [0.2, 0.25) is 0 Å². The number of likely N-dealkylation sites (tertiary alicyclic amines) is 1. The molecule has 0 spiro atoms. The Kier molecular flexibility index (Phi) is 7.00. The molecule has 3 amide bonds. The molecule has 1 aliphatic heterocycles. The van der Waals surface area contributed by atoms with Gasteiger partial charge in [-0.2, -0.15) is 0 Å². The summed E-state index contributed by atoms with van der Waals surface area (Å²) in [6.45, 7) is 9.44. The lowest BCUT2D eigenvalue weighted by Crippen LogP contribution is -2.54. The predicted molar refractivity (Wildman–Crippen MR) is 88.4 cm³/mol. The molecule has 7 heteroatoms. The van der Waals surface area contributed by atoms with Crippen LogP contribution in [0, 0.1) is 5.92 Å². The van der Waals surface area contributed by atoms with Gasteiger partial charge in [-0.05, 0) is 32.6 Å². The molecule has 0 bridgehead atoms. The number of carbonyl (C=O) groups is 3. The molecule has 0 saturated carbocycles. The molecule has 23 heavy (non-hydrogen) atoms. The van der Waals surface area contributed by atoms with E-state index in [0.717, 1.165) is 0 Å². The first-order valence-corrected chi connectivity index (χ1v) is 8.25. The van der Waals surface area contributed by atoms with Crippen LogP contribution < -0.4 is 16.4 Å². The van der Waals surface area contributed by atoms with Gasteiger partial charge in [0.2, 0.25) is 17.7 Å². The lowest BCUT2D eigenvalue weighted by Gasteiger charge is -2.29. The first-order valence-electron chi connectivity index (χ1n) is 8.25. The van der Waals surface area contributed by atoms with E-state index in [0.29, 0.717) is 19.4 Å². The van der Waals surface area contributed by atoms with Gasteiger partial charge in [0.15, 0.2) is 0 Å². The summed E-state index contributed by atoms with van der Waals surface area (Å²) in [6, 6.07) is -1.41. The fourth-order valence-electron chi connectivity index (χ4n) is 2.88. The molecule has 132 valence electrons. The van der Waals surface area contributed by atoms with E-state index in [1.54, 1.807) is 0 Å². The summed E-state index contributed by atoms with van der Waals surface area (Å²) >= 11 is 0. The van der Waals surface area contributed by atoms with Crippen molar-refractivity contribution in [1.82, 2.24) is 15.5 Å². The Labute approximate surface area is 138 Å². The molecule has 0 aromatic rings. The molecule has 1 fully saturated rings. The van der Waals surface area contributed by atoms with Gasteiger partial charge in [0.1, 0.15) is 12.1 Å². The van der Waals surface area contributed by atoms with Crippen molar-refractivity contribution < 1.29 is 14.4 Å². The maximum Gasteiger partial charge on any atom is 0.245 e. The van der Waals surface area contributed by atoms with E-state index in [1.807, 2.05) is 27.7 Å². The summed E-state index contributed by atoms with van der Waals surface area (Å²) in [5.74, 6) is -0.427. The average molecular weight is 326 g/mol. The molecule has 0 radical (unpaired) electrons. The summed E-state index contributed by atoms with van der Waals surface area (Å²) in [4.78, 5) is 38.1. The molecule has 0 unspecified atom stereocenters. The van der Waals surface area contributed by atoms with Gasteiger partial charge in [-0.3, -0.25) is 14.4 Å². The van der Waals surface area contributed by atoms with E-state index in [1.165, 1.54) is 11.8 Å². The molecular formula is C16H30N4O3. The van der Waals surface area contributed by atoms with Crippen LogP contribution in [0.4, 0.5) is 0 Å². The van der Waals surface area contributed by atoms with E-state index < -0.39 is 12.1 Å². The number of nitrogens with one attached hydrogen (secondary N) is 2. The van der Waals surface area contributed by atoms with Gasteiger partial charge in [-0.1, -0.05) is 13.8 Å². The molecule has 1 aliphatic rings. The fourth-order valence-corrected chi connectivity index (χ4v) is 2.88. The van der Waals surface area contributed by atoms with Crippen molar-refractivity contribution in [2.45, 2.75) is 71.6 Å². The van der Waals surface area contributed by atoms with Crippen LogP contribution in [0.15, 0.2) is 0 Å². The Morgan fingerprint density at radius 3 is 2.26 bits per heavy atom. The molecule has 3 atom stereocenters. The molecule has 1 saturated heterocycles. The summed E-state index contributed by atoms with van der Waals surface area (Å²) in [6.07, 6.45) is 0.974. The maximum atomic E-state index is 12.8. The topological polar surface area (TPSA) is 105 Å². The third kappa shape index (κ3) is 5.82. The standard InChI is InChI=1S/C16H30N4O3/c1-9(2)6-13(19-11(5)21)16(23)20-8-12(17)7-14(20)15(22)18-10(3)4/h9-10,12-14H,6-8,17H2,1-5H3,(H,18,22)(H,19,21)/t12-,13+,14+/m1/s1. The molecule has 1 heterocycles. The molecule has 0 aromatic carbocycles. The van der Waals surface area contributed by atoms with Crippen LogP contribution in [0.3, 0.4) is 0 Å². The van der Waals surface area contributed by atoms with Gasteiger partial charge in [0.05, 0.1) is 0 Å². The highest BCUT2D eigenvalue weighted by atomic mass is 16.2. The monoisotopic (exact) mass is 326 g/mol. The number of rotatable bonds is 6. The molecule has 1 rings (SSSR count). The SMILES string of the molecule is CC(=O)N[C@@H](CC(C)C)C(=O)N1C[C@H](N)C[C@H]1C(=O)NC(C)C. The fraction of sp³-hybridized carbons (Fsp3) is 0.812. The Bertz CT molecular complexity index is 451. The number of nitrogens with zero attached hydrogens (tertiary/aromatic N) is 1. The first kappa shape index (κ1) is 19.4. The normalized spacial score (nSPS) is 22.3. The largest absolute Gasteiger partial charge is 0.352 e. The van der Waals surface area contributed by atoms with Gasteiger partial charge in [-0.15, -0.1) is 0 Å². The zero-order valence-corrected chi connectivity index (χ0v) is 14.8. The van der Waals surface area contributed by atoms with Gasteiger partial charge in [0.25, 0.3) is 0 Å². The summed E-state index contributed by atoms with van der Waals surface area (Å²) in [5.41, 5.74) is 5.96. The third-order valence-electron chi connectivity index (χ3n) is 3.73. The maximum absolute atomic E-state index is 12.8. The number of nitrogens with two attached hydrogens (primary N) is 1. The van der Waals surface area contributed by atoms with Gasteiger partial charge in [-0.25, -0.2) is 0 Å². The smallest absolute Gasteiger partial charge is 0.245 e. The molecule has 4 N–H and O–H groups in total. The minimum absolute atomic E-state index is 0.00178. The highest BCUT2D eigenvalue weighted by molar-refractivity contribution is 5.92. The quantitative estimate of drug-likeness (QED) is 0.638. The van der Waals surface area contributed by atoms with E-state index in [4.69, 9.17) is 5.73 Å². The number of hydrogen-bond donors (Lipinski definition) is 3. The van der Waals surface area contributed by atoms with Gasteiger partial charge >= 0.3 is 0 Å². The van der Waals surface area contributed by atoms with Crippen LogP contribution in [0.5, 0.6) is 0 Å². The molecular weight excluding hydrogens is 296 g/mol. The molecule has 0 aromatic heterocycles. The van der Waals surface area contributed by atoms with Crippen molar-refractivity contribution in [3.8, 4) is 0 Å². The number of amides is 3. The summed E-state index contributed by atoms with van der Waals surface area (Å²) in [5, 5.41) is 5.54. The number of carbonyl (C=O) groups excluding carboxylic acids is 3. The van der Waals surface area contributed by atoms with Crippen molar-refractivity contribution in [3.05, 3.63) is 0 Å². The van der Waals surface area contributed by atoms with E-state index in [-0.39, 0.29) is 35.7 Å². The van der Waals surface area contributed by atoms with E-state index in [9.17, 15) is 14.4 Å². The minimum atomic E-state index is -0.618. The van der Waals surface area contributed by atoms with E-state index >= 15 is 0 Å². The number of hydrogen-bond acceptors (Lipinski definition) is 4. The van der Waals surface area contributed by atoms with Crippen molar-refractivity contribution in [2.24, 2.45) is 11.7 Å². The van der Waals surface area contributed by atoms with Crippen LogP contribution in [0.1, 0.15) is 47.5 Å². The highest BCUT2D eigenvalue weighted by Gasteiger charge is 2.40. The first-order chi connectivity index (χ1) is 10.6. The van der Waals surface area contributed by atoms with Crippen molar-refractivity contribution in [1.29, 1.82) is 0 Å². The van der Waals surface area contributed by atoms with Crippen molar-refractivity contribution >= 4 is 17.7 Å². The van der Waals surface area contributed by atoms with Crippen LogP contribution in [-0.4, -0.2) is 53.3 Å². The second kappa shape index (κ2) is 8.29. The van der Waals surface area contributed by atoms with Gasteiger partial charge in [0, 0.05) is 25.6 Å². The van der Waals surface area contributed by atoms with Crippen LogP contribution >= 0.6 is 0 Å². The Balaban J connectivity index is 2.90. The van der Waals surface area contributed by atoms with Crippen LogP contribution in [-0.2, 0) is 14.4 Å². The lowest BCUT2D eigenvalue weighted by atomic mass is 10.0. The zero-order valence-electron chi connectivity index (χ0n) is 14.8. The van der Waals surface area contributed by atoms with Crippen LogP contribution in [0.25, 0.3) is 0 Å². The third-order valence-corrected chi connectivity index (χ3v) is 3.73. The Morgan fingerprint density at radius 2 is 1.78 bits per heavy atom.